The number of thiophene rings is 1. The molecule has 0 radical (unpaired) electrons. The van der Waals surface area contributed by atoms with Gasteiger partial charge in [-0.2, -0.15) is 5.10 Å². The summed E-state index contributed by atoms with van der Waals surface area (Å²) in [5, 5.41) is 9.74. The molecule has 148 valence electrons. The number of rotatable bonds is 7. The molecule has 0 atom stereocenters. The van der Waals surface area contributed by atoms with Gasteiger partial charge in [0.2, 0.25) is 0 Å². The first-order valence-electron chi connectivity index (χ1n) is 9.19. The van der Waals surface area contributed by atoms with Crippen LogP contribution in [0.4, 0.5) is 0 Å². The Morgan fingerprint density at radius 2 is 2.14 bits per heavy atom. The van der Waals surface area contributed by atoms with Crippen LogP contribution in [0.3, 0.4) is 0 Å². The monoisotopic (exact) mass is 400 g/mol. The number of hydrogen-bond acceptors (Lipinski definition) is 6. The van der Waals surface area contributed by atoms with Crippen LogP contribution < -0.4 is 5.32 Å². The summed E-state index contributed by atoms with van der Waals surface area (Å²) in [5.74, 6) is -0.363. The fraction of sp³-hybridized carbons (Fsp3) is 0.400. The van der Waals surface area contributed by atoms with Crippen molar-refractivity contribution in [1.82, 2.24) is 20.1 Å². The second-order valence-electron chi connectivity index (χ2n) is 7.05. The molecule has 0 bridgehead atoms. The Kier molecular flexibility index (Phi) is 6.08. The molecule has 3 rings (SSSR count). The molecular weight excluding hydrogens is 376 g/mol. The minimum absolute atomic E-state index is 0.305. The predicted molar refractivity (Wildman–Crippen MR) is 109 cm³/mol. The lowest BCUT2D eigenvalue weighted by Gasteiger charge is -2.09. The summed E-state index contributed by atoms with van der Waals surface area (Å²) in [6.07, 6.45) is 0.879. The number of amides is 1. The van der Waals surface area contributed by atoms with E-state index < -0.39 is 5.97 Å². The normalized spacial score (nSPS) is 11.2. The number of nitrogens with zero attached hydrogens (tertiary/aromatic N) is 3. The maximum absolute atomic E-state index is 12.8. The highest BCUT2D eigenvalue weighted by molar-refractivity contribution is 7.13. The summed E-state index contributed by atoms with van der Waals surface area (Å²) in [5.41, 5.74) is 2.35. The summed E-state index contributed by atoms with van der Waals surface area (Å²) in [4.78, 5) is 30.3. The molecule has 0 saturated heterocycles. The van der Waals surface area contributed by atoms with Gasteiger partial charge in [0.25, 0.3) is 5.91 Å². The first kappa shape index (κ1) is 20.0. The minimum Gasteiger partial charge on any atom is -0.452 e. The third kappa shape index (κ3) is 4.39. The molecule has 0 fully saturated rings. The molecular formula is C20H24N4O3S. The zero-order chi connectivity index (χ0) is 20.3. The van der Waals surface area contributed by atoms with Crippen molar-refractivity contribution in [2.75, 3.05) is 13.2 Å². The van der Waals surface area contributed by atoms with Gasteiger partial charge < -0.3 is 10.1 Å². The predicted octanol–water partition coefficient (Wildman–Crippen LogP) is 3.32. The number of aryl methyl sites for hydroxylation is 2. The lowest BCUT2D eigenvalue weighted by atomic mass is 10.1. The fourth-order valence-electron chi connectivity index (χ4n) is 2.92. The van der Waals surface area contributed by atoms with Crippen molar-refractivity contribution in [3.05, 3.63) is 34.8 Å². The molecule has 1 amide bonds. The lowest BCUT2D eigenvalue weighted by molar-refractivity contribution is -0.124. The second kappa shape index (κ2) is 8.52. The minimum atomic E-state index is -0.555. The summed E-state index contributed by atoms with van der Waals surface area (Å²) in [6.45, 7) is 6.25. The number of hydrogen-bond donors (Lipinski definition) is 1. The van der Waals surface area contributed by atoms with E-state index in [4.69, 9.17) is 4.74 Å². The number of carbonyl (C=O) groups is 2. The van der Waals surface area contributed by atoms with Crippen molar-refractivity contribution in [2.45, 2.75) is 27.2 Å². The van der Waals surface area contributed by atoms with Gasteiger partial charge in [-0.1, -0.05) is 19.9 Å². The Morgan fingerprint density at radius 1 is 1.36 bits per heavy atom. The first-order valence-corrected chi connectivity index (χ1v) is 10.1. The average molecular weight is 401 g/mol. The smallest absolute Gasteiger partial charge is 0.339 e. The zero-order valence-corrected chi connectivity index (χ0v) is 17.3. The number of ether oxygens (including phenoxy) is 1. The third-order valence-corrected chi connectivity index (χ3v) is 5.23. The van der Waals surface area contributed by atoms with E-state index in [1.54, 1.807) is 17.8 Å². The second-order valence-corrected chi connectivity index (χ2v) is 8.00. The Hall–Kier alpha value is -2.74. The molecule has 7 nitrogen and oxygen atoms in total. The van der Waals surface area contributed by atoms with Gasteiger partial charge in [0, 0.05) is 13.6 Å². The Balaban J connectivity index is 1.83. The van der Waals surface area contributed by atoms with Crippen LogP contribution in [0.25, 0.3) is 21.6 Å². The number of pyridine rings is 1. The van der Waals surface area contributed by atoms with Crippen LogP contribution in [0.5, 0.6) is 0 Å². The van der Waals surface area contributed by atoms with Crippen LogP contribution in [-0.2, 0) is 16.6 Å². The molecule has 0 unspecified atom stereocenters. The molecule has 0 aliphatic heterocycles. The first-order chi connectivity index (χ1) is 13.4. The van der Waals surface area contributed by atoms with E-state index in [0.717, 1.165) is 11.3 Å². The number of nitrogens with one attached hydrogen (secondary N) is 1. The molecule has 0 aliphatic rings. The highest BCUT2D eigenvalue weighted by Crippen LogP contribution is 2.29. The van der Waals surface area contributed by atoms with Crippen LogP contribution in [0, 0.1) is 12.8 Å². The van der Waals surface area contributed by atoms with Gasteiger partial charge >= 0.3 is 5.97 Å². The van der Waals surface area contributed by atoms with Gasteiger partial charge in [-0.3, -0.25) is 9.48 Å². The molecule has 3 aromatic rings. The summed E-state index contributed by atoms with van der Waals surface area (Å²) >= 11 is 1.54. The van der Waals surface area contributed by atoms with Crippen molar-refractivity contribution in [3.63, 3.8) is 0 Å². The summed E-state index contributed by atoms with van der Waals surface area (Å²) < 4.78 is 6.93. The standard InChI is InChI=1S/C20H24N4O3S/c1-12(2)7-8-21-17(25)11-27-20(26)14-10-15(16-6-5-9-28-16)22-19-18(14)13(3)23-24(19)4/h5-6,9-10,12H,7-8,11H2,1-4H3,(H,21,25). The van der Waals surface area contributed by atoms with Gasteiger partial charge in [-0.15, -0.1) is 11.3 Å². The molecule has 3 aromatic heterocycles. The highest BCUT2D eigenvalue weighted by Gasteiger charge is 2.21. The topological polar surface area (TPSA) is 86.1 Å². The highest BCUT2D eigenvalue weighted by atomic mass is 32.1. The maximum Gasteiger partial charge on any atom is 0.339 e. The molecule has 0 saturated carbocycles. The number of esters is 1. The van der Waals surface area contributed by atoms with Crippen molar-refractivity contribution in [2.24, 2.45) is 13.0 Å². The zero-order valence-electron chi connectivity index (χ0n) is 16.5. The maximum atomic E-state index is 12.8. The third-order valence-electron chi connectivity index (χ3n) is 4.34. The molecule has 28 heavy (non-hydrogen) atoms. The van der Waals surface area contributed by atoms with Crippen LogP contribution in [-0.4, -0.2) is 39.8 Å². The fourth-order valence-corrected chi connectivity index (χ4v) is 3.60. The number of aromatic nitrogens is 3. The van der Waals surface area contributed by atoms with E-state index >= 15 is 0 Å². The molecule has 8 heteroatoms. The van der Waals surface area contributed by atoms with Gasteiger partial charge in [-0.05, 0) is 36.8 Å². The average Bonchev–Trinajstić information content (AvgIpc) is 3.27. The van der Waals surface area contributed by atoms with E-state index in [0.29, 0.717) is 40.4 Å². The van der Waals surface area contributed by atoms with Gasteiger partial charge in [0.1, 0.15) is 0 Å². The van der Waals surface area contributed by atoms with Crippen molar-refractivity contribution >= 4 is 34.2 Å². The van der Waals surface area contributed by atoms with E-state index in [-0.39, 0.29) is 12.5 Å². The number of fused-ring (bicyclic) bond motifs is 1. The van der Waals surface area contributed by atoms with E-state index in [1.165, 1.54) is 11.3 Å². The SMILES string of the molecule is Cc1nn(C)c2nc(-c3cccs3)cc(C(=O)OCC(=O)NCCC(C)C)c12. The van der Waals surface area contributed by atoms with Gasteiger partial charge in [0.15, 0.2) is 12.3 Å². The van der Waals surface area contributed by atoms with Gasteiger partial charge in [-0.25, -0.2) is 9.78 Å². The molecule has 0 aliphatic carbocycles. The van der Waals surface area contributed by atoms with Gasteiger partial charge in [0.05, 0.1) is 27.2 Å². The van der Waals surface area contributed by atoms with Crippen molar-refractivity contribution < 1.29 is 14.3 Å². The van der Waals surface area contributed by atoms with Crippen LogP contribution in [0.15, 0.2) is 23.6 Å². The molecule has 0 spiro atoms. The lowest BCUT2D eigenvalue weighted by Crippen LogP contribution is -2.30. The summed E-state index contributed by atoms with van der Waals surface area (Å²) in [6, 6.07) is 5.58. The summed E-state index contributed by atoms with van der Waals surface area (Å²) in [7, 11) is 1.79. The Labute approximate surface area is 167 Å². The molecule has 1 N–H and O–H groups in total. The number of carbonyl (C=O) groups excluding carboxylic acids is 2. The van der Waals surface area contributed by atoms with E-state index in [9.17, 15) is 9.59 Å². The molecule has 0 aromatic carbocycles. The van der Waals surface area contributed by atoms with Crippen LogP contribution in [0.2, 0.25) is 0 Å². The van der Waals surface area contributed by atoms with E-state index in [1.807, 2.05) is 24.4 Å². The molecule has 3 heterocycles. The van der Waals surface area contributed by atoms with Crippen molar-refractivity contribution in [3.8, 4) is 10.6 Å². The Morgan fingerprint density at radius 3 is 2.82 bits per heavy atom. The van der Waals surface area contributed by atoms with Crippen LogP contribution in [0.1, 0.15) is 36.3 Å². The van der Waals surface area contributed by atoms with Crippen molar-refractivity contribution in [1.29, 1.82) is 0 Å². The quantitative estimate of drug-likeness (QED) is 0.615. The van der Waals surface area contributed by atoms with E-state index in [2.05, 4.69) is 29.2 Å². The Bertz CT molecular complexity index is 993. The van der Waals surface area contributed by atoms with Crippen LogP contribution >= 0.6 is 11.3 Å². The largest absolute Gasteiger partial charge is 0.452 e.